The first-order chi connectivity index (χ1) is 15.2. The predicted molar refractivity (Wildman–Crippen MR) is 122 cm³/mol. The van der Waals surface area contributed by atoms with Gasteiger partial charge in [-0.2, -0.15) is 0 Å². The van der Waals surface area contributed by atoms with Crippen molar-refractivity contribution in [2.24, 2.45) is 4.99 Å². The van der Waals surface area contributed by atoms with Gasteiger partial charge in [0, 0.05) is 37.7 Å². The molecule has 2 N–H and O–H groups in total. The Morgan fingerprint density at radius 2 is 1.90 bits per heavy atom. The molecule has 1 aromatic heterocycles. The van der Waals surface area contributed by atoms with Gasteiger partial charge in [-0.25, -0.2) is 0 Å². The van der Waals surface area contributed by atoms with Gasteiger partial charge in [-0.1, -0.05) is 48.5 Å². The average molecular weight is 412 g/mol. The molecule has 6 nitrogen and oxygen atoms in total. The molecule has 0 saturated carbocycles. The number of benzene rings is 2. The van der Waals surface area contributed by atoms with Gasteiger partial charge < -0.3 is 10.2 Å². The largest absolute Gasteiger partial charge is 0.342 e. The van der Waals surface area contributed by atoms with Crippen LogP contribution in [0.4, 0.5) is 5.69 Å². The molecule has 2 aliphatic rings. The molecule has 1 spiro atoms. The fraction of sp³-hybridized carbons (Fsp3) is 0.240. The van der Waals surface area contributed by atoms with Crippen molar-refractivity contribution in [1.82, 2.24) is 15.2 Å². The number of likely N-dealkylation sites (tertiary alicyclic amines) is 1. The van der Waals surface area contributed by atoms with Crippen LogP contribution in [0, 0.1) is 0 Å². The highest BCUT2D eigenvalue weighted by Crippen LogP contribution is 2.30. The maximum Gasteiger partial charge on any atom is 0.255 e. The van der Waals surface area contributed by atoms with Crippen molar-refractivity contribution in [2.75, 3.05) is 18.4 Å². The molecule has 1 saturated heterocycles. The van der Waals surface area contributed by atoms with Crippen molar-refractivity contribution in [1.29, 1.82) is 0 Å². The number of carbonyl (C=O) groups excluding carboxylic acids is 1. The summed E-state index contributed by atoms with van der Waals surface area (Å²) in [7, 11) is 0. The van der Waals surface area contributed by atoms with Crippen LogP contribution in [0.1, 0.15) is 27.9 Å². The number of hydrogen-bond donors (Lipinski definition) is 2. The number of amides is 1. The molecule has 6 heteroatoms. The van der Waals surface area contributed by atoms with Gasteiger partial charge in [-0.15, -0.1) is 0 Å². The summed E-state index contributed by atoms with van der Waals surface area (Å²) >= 11 is 0. The van der Waals surface area contributed by atoms with Gasteiger partial charge in [0.15, 0.2) is 0 Å². The molecule has 0 unspecified atom stereocenters. The second-order valence-corrected chi connectivity index (χ2v) is 8.09. The highest BCUT2D eigenvalue weighted by Gasteiger charge is 2.45. The van der Waals surface area contributed by atoms with E-state index in [2.05, 4.69) is 39.9 Å². The third kappa shape index (κ3) is 3.94. The summed E-state index contributed by atoms with van der Waals surface area (Å²) in [6.07, 6.45) is 4.12. The maximum atomic E-state index is 13.1. The maximum absolute atomic E-state index is 13.1. The fourth-order valence-electron chi connectivity index (χ4n) is 4.33. The van der Waals surface area contributed by atoms with Gasteiger partial charge in [0.05, 0.1) is 17.6 Å². The first kappa shape index (κ1) is 19.5. The third-order valence-electron chi connectivity index (χ3n) is 6.07. The van der Waals surface area contributed by atoms with Crippen molar-refractivity contribution in [3.8, 4) is 0 Å². The van der Waals surface area contributed by atoms with Crippen LogP contribution in [-0.4, -0.2) is 40.3 Å². The van der Waals surface area contributed by atoms with E-state index >= 15 is 0 Å². The monoisotopic (exact) mass is 411 g/mol. The zero-order valence-corrected chi connectivity index (χ0v) is 17.3. The molecule has 2 aromatic carbocycles. The number of rotatable bonds is 3. The first-order valence-electron chi connectivity index (χ1n) is 10.6. The standard InChI is InChI=1S/C25H25N5O/c31-23(21-10-6-13-26-16-21)30-14-12-25(18-30)24(27-15-19-7-2-1-3-8-19)29-22-11-5-4-9-20(22)17-28-25/h1-11,13,16,28H,12,14-15,17-18H2,(H,27,29)/t25-/m1/s1. The molecular weight excluding hydrogens is 386 g/mol. The lowest BCUT2D eigenvalue weighted by molar-refractivity contribution is 0.0785. The van der Waals surface area contributed by atoms with E-state index in [1.807, 2.05) is 41.3 Å². The van der Waals surface area contributed by atoms with Crippen LogP contribution in [0.2, 0.25) is 0 Å². The van der Waals surface area contributed by atoms with E-state index in [1.54, 1.807) is 18.5 Å². The quantitative estimate of drug-likeness (QED) is 0.692. The Hall–Kier alpha value is -3.51. The van der Waals surface area contributed by atoms with Gasteiger partial charge in [0.25, 0.3) is 5.91 Å². The normalized spacial score (nSPS) is 21.5. The molecule has 0 radical (unpaired) electrons. The summed E-state index contributed by atoms with van der Waals surface area (Å²) in [5, 5.41) is 7.33. The van der Waals surface area contributed by atoms with E-state index in [4.69, 9.17) is 4.99 Å². The Labute approximate surface area is 182 Å². The number of aromatic nitrogens is 1. The third-order valence-corrected chi connectivity index (χ3v) is 6.07. The molecule has 5 rings (SSSR count). The Bertz CT molecular complexity index is 1100. The van der Waals surface area contributed by atoms with E-state index < -0.39 is 5.54 Å². The van der Waals surface area contributed by atoms with Gasteiger partial charge in [0.2, 0.25) is 0 Å². The van der Waals surface area contributed by atoms with E-state index in [1.165, 1.54) is 5.56 Å². The van der Waals surface area contributed by atoms with Crippen molar-refractivity contribution in [3.63, 3.8) is 0 Å². The molecule has 0 bridgehead atoms. The summed E-state index contributed by atoms with van der Waals surface area (Å²) in [6.45, 7) is 2.55. The SMILES string of the molecule is O=C(c1cccnc1)N1CC[C@]2(C1)NCc1ccccc1NC2=NCc1ccccc1. The minimum Gasteiger partial charge on any atom is -0.342 e. The number of para-hydroxylation sites is 1. The number of anilines is 1. The highest BCUT2D eigenvalue weighted by atomic mass is 16.2. The number of amidine groups is 1. The lowest BCUT2D eigenvalue weighted by Gasteiger charge is -2.30. The van der Waals surface area contributed by atoms with Crippen molar-refractivity contribution < 1.29 is 4.79 Å². The first-order valence-corrected chi connectivity index (χ1v) is 10.6. The molecule has 0 aliphatic carbocycles. The minimum atomic E-state index is -0.411. The average Bonchev–Trinajstić information content (AvgIpc) is 3.20. The summed E-state index contributed by atoms with van der Waals surface area (Å²) in [5.41, 5.74) is 3.63. The lowest BCUT2D eigenvalue weighted by atomic mass is 9.96. The number of nitrogens with zero attached hydrogens (tertiary/aromatic N) is 3. The molecule has 1 amide bonds. The second-order valence-electron chi connectivity index (χ2n) is 8.09. The van der Waals surface area contributed by atoms with Gasteiger partial charge in [-0.05, 0) is 35.7 Å². The number of fused-ring (bicyclic) bond motifs is 1. The van der Waals surface area contributed by atoms with Crippen molar-refractivity contribution in [3.05, 3.63) is 95.8 Å². The number of pyridine rings is 1. The minimum absolute atomic E-state index is 0.0101. The summed E-state index contributed by atoms with van der Waals surface area (Å²) < 4.78 is 0. The lowest BCUT2D eigenvalue weighted by Crippen LogP contribution is -2.55. The molecule has 1 atom stereocenters. The summed E-state index contributed by atoms with van der Waals surface area (Å²) in [6, 6.07) is 22.2. The summed E-state index contributed by atoms with van der Waals surface area (Å²) in [4.78, 5) is 24.1. The number of aliphatic imine (C=N–C) groups is 1. The van der Waals surface area contributed by atoms with Gasteiger partial charge in [0.1, 0.15) is 5.84 Å². The van der Waals surface area contributed by atoms with Crippen LogP contribution < -0.4 is 10.6 Å². The zero-order valence-electron chi connectivity index (χ0n) is 17.3. The Morgan fingerprint density at radius 1 is 1.06 bits per heavy atom. The fourth-order valence-corrected chi connectivity index (χ4v) is 4.33. The second kappa shape index (κ2) is 8.32. The topological polar surface area (TPSA) is 69.6 Å². The van der Waals surface area contributed by atoms with Crippen LogP contribution in [0.15, 0.2) is 84.1 Å². The number of hydrogen-bond acceptors (Lipinski definition) is 4. The Balaban J connectivity index is 1.45. The van der Waals surface area contributed by atoms with E-state index in [0.29, 0.717) is 25.2 Å². The Morgan fingerprint density at radius 3 is 2.74 bits per heavy atom. The number of nitrogens with one attached hydrogen (secondary N) is 2. The number of carbonyl (C=O) groups is 1. The zero-order chi connectivity index (χ0) is 21.1. The molecule has 156 valence electrons. The van der Waals surface area contributed by atoms with Gasteiger partial charge >= 0.3 is 0 Å². The molecule has 1 fully saturated rings. The molecule has 3 heterocycles. The van der Waals surface area contributed by atoms with E-state index in [0.717, 1.165) is 30.1 Å². The van der Waals surface area contributed by atoms with Crippen LogP contribution in [-0.2, 0) is 13.1 Å². The molecule has 2 aliphatic heterocycles. The van der Waals surface area contributed by atoms with Crippen molar-refractivity contribution >= 4 is 17.4 Å². The predicted octanol–water partition coefficient (Wildman–Crippen LogP) is 3.48. The Kier molecular flexibility index (Phi) is 5.22. The molecule has 3 aromatic rings. The molecule has 31 heavy (non-hydrogen) atoms. The highest BCUT2D eigenvalue weighted by molar-refractivity contribution is 6.05. The molecular formula is C25H25N5O. The van der Waals surface area contributed by atoms with Crippen LogP contribution in [0.3, 0.4) is 0 Å². The van der Waals surface area contributed by atoms with E-state index in [9.17, 15) is 4.79 Å². The van der Waals surface area contributed by atoms with Crippen LogP contribution >= 0.6 is 0 Å². The summed E-state index contributed by atoms with van der Waals surface area (Å²) in [5.74, 6) is 0.902. The van der Waals surface area contributed by atoms with Crippen LogP contribution in [0.25, 0.3) is 0 Å². The van der Waals surface area contributed by atoms with Crippen molar-refractivity contribution in [2.45, 2.75) is 25.0 Å². The van der Waals surface area contributed by atoms with Crippen LogP contribution in [0.5, 0.6) is 0 Å². The smallest absolute Gasteiger partial charge is 0.255 e. The van der Waals surface area contributed by atoms with E-state index in [-0.39, 0.29) is 5.91 Å². The van der Waals surface area contributed by atoms with Gasteiger partial charge in [-0.3, -0.25) is 20.1 Å².